The molecule has 0 spiro atoms. The first-order valence-corrected chi connectivity index (χ1v) is 11.9. The number of likely N-dealkylation sites (tertiary alicyclic amines) is 2. The van der Waals surface area contributed by atoms with Crippen LogP contribution >= 0.6 is 11.8 Å². The van der Waals surface area contributed by atoms with Gasteiger partial charge in [0.1, 0.15) is 0 Å². The quantitative estimate of drug-likeness (QED) is 0.555. The summed E-state index contributed by atoms with van der Waals surface area (Å²) in [6.45, 7) is 4.03. The topological polar surface area (TPSA) is 67.2 Å². The normalized spacial score (nSPS) is 19.2. The van der Waals surface area contributed by atoms with Gasteiger partial charge in [-0.15, -0.1) is 16.9 Å². The molecule has 31 heavy (non-hydrogen) atoms. The zero-order chi connectivity index (χ0) is 21.0. The number of carbonyl (C=O) groups is 1. The number of hydrogen-bond donors (Lipinski definition) is 0. The van der Waals surface area contributed by atoms with Crippen molar-refractivity contribution in [3.63, 3.8) is 0 Å². The van der Waals surface area contributed by atoms with Crippen LogP contribution in [0.5, 0.6) is 0 Å². The van der Waals surface area contributed by atoms with E-state index >= 15 is 0 Å². The lowest BCUT2D eigenvalue weighted by molar-refractivity contribution is 0.0776. The van der Waals surface area contributed by atoms with Crippen molar-refractivity contribution >= 4 is 17.7 Å². The maximum Gasteiger partial charge on any atom is 0.255 e. The van der Waals surface area contributed by atoms with E-state index in [2.05, 4.69) is 20.4 Å². The largest absolute Gasteiger partial charge is 0.337 e. The van der Waals surface area contributed by atoms with Gasteiger partial charge in [0.2, 0.25) is 0 Å². The maximum atomic E-state index is 13.3. The zero-order valence-corrected chi connectivity index (χ0v) is 18.2. The number of benzene rings is 2. The lowest BCUT2D eigenvalue weighted by Crippen LogP contribution is -2.37. The van der Waals surface area contributed by atoms with Crippen molar-refractivity contribution in [3.8, 4) is 5.69 Å². The van der Waals surface area contributed by atoms with Crippen molar-refractivity contribution < 1.29 is 4.79 Å². The van der Waals surface area contributed by atoms with Crippen LogP contribution < -0.4 is 0 Å². The molecule has 3 aromatic rings. The molecule has 0 N–H and O–H groups in total. The molecule has 3 heterocycles. The third kappa shape index (κ3) is 4.36. The molecule has 2 saturated heterocycles. The first-order valence-electron chi connectivity index (χ1n) is 10.9. The number of rotatable bonds is 6. The molecule has 8 heteroatoms. The molecule has 2 aliphatic heterocycles. The van der Waals surface area contributed by atoms with Crippen molar-refractivity contribution in [2.45, 2.75) is 36.0 Å². The van der Waals surface area contributed by atoms with Crippen LogP contribution in [0.3, 0.4) is 0 Å². The number of carbonyl (C=O) groups excluding carboxylic acids is 1. The highest BCUT2D eigenvalue weighted by molar-refractivity contribution is 7.98. The fourth-order valence-corrected chi connectivity index (χ4v) is 5.43. The fraction of sp³-hybridized carbons (Fsp3) is 0.391. The summed E-state index contributed by atoms with van der Waals surface area (Å²) < 4.78 is 1.75. The maximum absolute atomic E-state index is 13.3. The molecule has 0 aliphatic carbocycles. The van der Waals surface area contributed by atoms with Gasteiger partial charge in [0, 0.05) is 24.0 Å². The Morgan fingerprint density at radius 2 is 1.77 bits per heavy atom. The van der Waals surface area contributed by atoms with E-state index in [4.69, 9.17) is 0 Å². The van der Waals surface area contributed by atoms with Crippen molar-refractivity contribution in [2.24, 2.45) is 0 Å². The van der Waals surface area contributed by atoms with Gasteiger partial charge in [-0.25, -0.2) is 0 Å². The van der Waals surface area contributed by atoms with Crippen molar-refractivity contribution in [1.82, 2.24) is 30.0 Å². The zero-order valence-electron chi connectivity index (χ0n) is 17.4. The fourth-order valence-electron chi connectivity index (χ4n) is 4.48. The Kier molecular flexibility index (Phi) is 5.99. The lowest BCUT2D eigenvalue weighted by atomic mass is 10.2. The number of nitrogens with zero attached hydrogens (tertiary/aromatic N) is 6. The number of thioether (sulfide) groups is 1. The van der Waals surface area contributed by atoms with E-state index < -0.39 is 0 Å². The minimum Gasteiger partial charge on any atom is -0.337 e. The first kappa shape index (κ1) is 20.2. The molecule has 1 atom stereocenters. The van der Waals surface area contributed by atoms with Crippen LogP contribution in [-0.2, 0) is 5.75 Å². The Morgan fingerprint density at radius 1 is 1.00 bits per heavy atom. The van der Waals surface area contributed by atoms with E-state index in [0.29, 0.717) is 11.8 Å². The SMILES string of the molecule is O=C(c1ccccc1SCc1nnnn1-c1ccccc1)N1CCC(N2CCCC2)C1. The molecule has 0 radical (unpaired) electrons. The molecule has 1 amide bonds. The van der Waals surface area contributed by atoms with Gasteiger partial charge in [0.15, 0.2) is 5.82 Å². The minimum atomic E-state index is 0.132. The van der Waals surface area contributed by atoms with Gasteiger partial charge in [-0.05, 0) is 67.0 Å². The Labute approximate surface area is 186 Å². The highest BCUT2D eigenvalue weighted by atomic mass is 32.2. The lowest BCUT2D eigenvalue weighted by Gasteiger charge is -2.24. The van der Waals surface area contributed by atoms with Gasteiger partial charge in [0.05, 0.1) is 17.0 Å². The molecular weight excluding hydrogens is 408 g/mol. The van der Waals surface area contributed by atoms with Crippen LogP contribution in [0, 0.1) is 0 Å². The average Bonchev–Trinajstić information content (AvgIpc) is 3.59. The smallest absolute Gasteiger partial charge is 0.255 e. The molecule has 5 rings (SSSR count). The van der Waals surface area contributed by atoms with Crippen LogP contribution in [0.25, 0.3) is 5.69 Å². The number of amides is 1. The van der Waals surface area contributed by atoms with E-state index in [9.17, 15) is 4.79 Å². The molecule has 0 saturated carbocycles. The third-order valence-electron chi connectivity index (χ3n) is 6.12. The molecule has 1 aromatic heterocycles. The van der Waals surface area contributed by atoms with Gasteiger partial charge >= 0.3 is 0 Å². The summed E-state index contributed by atoms with van der Waals surface area (Å²) in [6, 6.07) is 18.3. The Hall–Kier alpha value is -2.71. The Morgan fingerprint density at radius 3 is 2.61 bits per heavy atom. The number of tetrazole rings is 1. The molecule has 2 aliphatic rings. The van der Waals surface area contributed by atoms with Crippen LogP contribution in [0.2, 0.25) is 0 Å². The second-order valence-electron chi connectivity index (χ2n) is 8.06. The molecule has 0 bridgehead atoms. The van der Waals surface area contributed by atoms with Crippen LogP contribution in [0.1, 0.15) is 35.4 Å². The summed E-state index contributed by atoms with van der Waals surface area (Å²) in [6.07, 6.45) is 3.64. The monoisotopic (exact) mass is 434 g/mol. The number of para-hydroxylation sites is 1. The van der Waals surface area contributed by atoms with Gasteiger partial charge in [-0.1, -0.05) is 30.3 Å². The van der Waals surface area contributed by atoms with Crippen LogP contribution in [-0.4, -0.2) is 68.1 Å². The highest BCUT2D eigenvalue weighted by Crippen LogP contribution is 2.29. The molecule has 7 nitrogen and oxygen atoms in total. The van der Waals surface area contributed by atoms with Crippen molar-refractivity contribution in [2.75, 3.05) is 26.2 Å². The standard InChI is InChI=1S/C23H26N6OS/c30-23(28-15-12-19(16-28)27-13-6-7-14-27)20-10-4-5-11-21(20)31-17-22-24-25-26-29(22)18-8-2-1-3-9-18/h1-5,8-11,19H,6-7,12-17H2. The Balaban J connectivity index is 1.28. The summed E-state index contributed by atoms with van der Waals surface area (Å²) in [5.74, 6) is 1.48. The predicted octanol–water partition coefficient (Wildman–Crippen LogP) is 3.26. The summed E-state index contributed by atoms with van der Waals surface area (Å²) in [5, 5.41) is 12.2. The van der Waals surface area contributed by atoms with Crippen LogP contribution in [0.4, 0.5) is 0 Å². The Bertz CT molecular complexity index is 1030. The van der Waals surface area contributed by atoms with Crippen LogP contribution in [0.15, 0.2) is 59.5 Å². The molecule has 160 valence electrons. The molecule has 2 fully saturated rings. The number of aromatic nitrogens is 4. The van der Waals surface area contributed by atoms with E-state index in [1.165, 1.54) is 25.9 Å². The number of hydrogen-bond acceptors (Lipinski definition) is 6. The summed E-state index contributed by atoms with van der Waals surface area (Å²) >= 11 is 1.61. The summed E-state index contributed by atoms with van der Waals surface area (Å²) in [5.41, 5.74) is 1.70. The van der Waals surface area contributed by atoms with Crippen molar-refractivity contribution in [1.29, 1.82) is 0 Å². The van der Waals surface area contributed by atoms with Gasteiger partial charge in [0.25, 0.3) is 5.91 Å². The van der Waals surface area contributed by atoms with Crippen molar-refractivity contribution in [3.05, 3.63) is 66.0 Å². The molecule has 2 aromatic carbocycles. The van der Waals surface area contributed by atoms with Gasteiger partial charge in [-0.3, -0.25) is 9.69 Å². The average molecular weight is 435 g/mol. The van der Waals surface area contributed by atoms with Gasteiger partial charge < -0.3 is 4.90 Å². The predicted molar refractivity (Wildman–Crippen MR) is 120 cm³/mol. The second kappa shape index (κ2) is 9.20. The van der Waals surface area contributed by atoms with E-state index in [-0.39, 0.29) is 5.91 Å². The third-order valence-corrected chi connectivity index (χ3v) is 7.19. The van der Waals surface area contributed by atoms with E-state index in [0.717, 1.165) is 41.5 Å². The first-order chi connectivity index (χ1) is 15.3. The minimum absolute atomic E-state index is 0.132. The highest BCUT2D eigenvalue weighted by Gasteiger charge is 2.32. The van der Waals surface area contributed by atoms with Gasteiger partial charge in [-0.2, -0.15) is 4.68 Å². The van der Waals surface area contributed by atoms with E-state index in [1.807, 2.05) is 59.5 Å². The summed E-state index contributed by atoms with van der Waals surface area (Å²) in [7, 11) is 0. The summed E-state index contributed by atoms with van der Waals surface area (Å²) in [4.78, 5) is 18.9. The molecule has 1 unspecified atom stereocenters. The van der Waals surface area contributed by atoms with E-state index in [1.54, 1.807) is 16.4 Å². The second-order valence-corrected chi connectivity index (χ2v) is 9.08. The molecular formula is C23H26N6OS.